The molecular formula is C36H41N3O6. The SMILES string of the molecule is CC1(C)OCc2cc([C@@H](O)CNCCc3ccc(OCCOCc4cccc(N(C(N)=O)c5ccccc5)c4)cc3)ccc2O1. The molecule has 1 heterocycles. The molecule has 1 atom stereocenters. The number of fused-ring (bicyclic) bond motifs is 1. The number of hydrogen-bond acceptors (Lipinski definition) is 7. The predicted octanol–water partition coefficient (Wildman–Crippen LogP) is 6.01. The van der Waals surface area contributed by atoms with Crippen LogP contribution in [-0.2, 0) is 29.1 Å². The van der Waals surface area contributed by atoms with E-state index in [9.17, 15) is 9.90 Å². The maximum Gasteiger partial charge on any atom is 0.323 e. The van der Waals surface area contributed by atoms with Crippen LogP contribution in [0, 0.1) is 0 Å². The van der Waals surface area contributed by atoms with E-state index in [-0.39, 0.29) is 0 Å². The molecular weight excluding hydrogens is 570 g/mol. The molecule has 4 aromatic carbocycles. The smallest absolute Gasteiger partial charge is 0.323 e. The van der Waals surface area contributed by atoms with Crippen molar-refractivity contribution in [1.29, 1.82) is 0 Å². The quantitative estimate of drug-likeness (QED) is 0.150. The normalized spacial score (nSPS) is 14.2. The number of para-hydroxylation sites is 1. The third-order valence-corrected chi connectivity index (χ3v) is 7.42. The topological polar surface area (TPSA) is 116 Å². The summed E-state index contributed by atoms with van der Waals surface area (Å²) in [5.41, 5.74) is 10.9. The molecule has 9 heteroatoms. The zero-order valence-corrected chi connectivity index (χ0v) is 25.8. The summed E-state index contributed by atoms with van der Waals surface area (Å²) in [6.45, 7) is 6.64. The van der Waals surface area contributed by atoms with Crippen molar-refractivity contribution in [3.8, 4) is 11.5 Å². The van der Waals surface area contributed by atoms with Crippen molar-refractivity contribution in [3.63, 3.8) is 0 Å². The van der Waals surface area contributed by atoms with Gasteiger partial charge in [0.1, 0.15) is 18.1 Å². The second kappa shape index (κ2) is 15.0. The molecule has 0 unspecified atom stereocenters. The lowest BCUT2D eigenvalue weighted by atomic mass is 10.0. The van der Waals surface area contributed by atoms with Crippen LogP contribution in [0.25, 0.3) is 0 Å². The van der Waals surface area contributed by atoms with Gasteiger partial charge >= 0.3 is 6.03 Å². The molecule has 1 aliphatic rings. The number of anilines is 2. The minimum absolute atomic E-state index is 0.382. The Labute approximate surface area is 264 Å². The van der Waals surface area contributed by atoms with Gasteiger partial charge in [0, 0.05) is 26.0 Å². The Hall–Kier alpha value is -4.41. The van der Waals surface area contributed by atoms with Crippen LogP contribution >= 0.6 is 0 Å². The van der Waals surface area contributed by atoms with Gasteiger partial charge in [-0.15, -0.1) is 0 Å². The number of aliphatic hydroxyl groups is 1. The average Bonchev–Trinajstić information content (AvgIpc) is 3.03. The molecule has 1 aliphatic heterocycles. The summed E-state index contributed by atoms with van der Waals surface area (Å²) in [7, 11) is 0. The van der Waals surface area contributed by atoms with Gasteiger partial charge in [0.2, 0.25) is 5.79 Å². The summed E-state index contributed by atoms with van der Waals surface area (Å²) < 4.78 is 23.2. The van der Waals surface area contributed by atoms with Crippen molar-refractivity contribution in [2.45, 2.75) is 45.4 Å². The summed E-state index contributed by atoms with van der Waals surface area (Å²) in [5.74, 6) is 0.941. The summed E-state index contributed by atoms with van der Waals surface area (Å²) in [6.07, 6.45) is 0.208. The van der Waals surface area contributed by atoms with Crippen molar-refractivity contribution in [2.24, 2.45) is 5.73 Å². The number of nitrogens with zero attached hydrogens (tertiary/aromatic N) is 1. The zero-order valence-electron chi connectivity index (χ0n) is 25.8. The highest BCUT2D eigenvalue weighted by atomic mass is 16.7. The minimum Gasteiger partial charge on any atom is -0.491 e. The van der Waals surface area contributed by atoms with Crippen LogP contribution in [0.5, 0.6) is 11.5 Å². The summed E-state index contributed by atoms with van der Waals surface area (Å²) in [5, 5.41) is 14.0. The van der Waals surface area contributed by atoms with E-state index in [1.807, 2.05) is 111 Å². The molecule has 0 saturated heterocycles. The first-order valence-electron chi connectivity index (χ1n) is 15.1. The van der Waals surface area contributed by atoms with Crippen molar-refractivity contribution in [2.75, 3.05) is 31.2 Å². The fourth-order valence-corrected chi connectivity index (χ4v) is 5.08. The number of aliphatic hydroxyl groups excluding tert-OH is 1. The van der Waals surface area contributed by atoms with Crippen LogP contribution in [0.2, 0.25) is 0 Å². The van der Waals surface area contributed by atoms with Crippen LogP contribution < -0.4 is 25.4 Å². The number of amides is 2. The minimum atomic E-state index is -0.635. The number of ether oxygens (including phenoxy) is 4. The van der Waals surface area contributed by atoms with Gasteiger partial charge in [0.05, 0.1) is 37.3 Å². The Morgan fingerprint density at radius 1 is 0.956 bits per heavy atom. The highest BCUT2D eigenvalue weighted by molar-refractivity contribution is 5.98. The monoisotopic (exact) mass is 611 g/mol. The van der Waals surface area contributed by atoms with Crippen molar-refractivity contribution < 1.29 is 28.8 Å². The zero-order chi connectivity index (χ0) is 31.6. The molecule has 0 radical (unpaired) electrons. The van der Waals surface area contributed by atoms with Gasteiger partial charge < -0.3 is 35.1 Å². The summed E-state index contributed by atoms with van der Waals surface area (Å²) >= 11 is 0. The Morgan fingerprint density at radius 3 is 2.51 bits per heavy atom. The molecule has 236 valence electrons. The highest BCUT2D eigenvalue weighted by Gasteiger charge is 2.27. The maximum absolute atomic E-state index is 12.1. The lowest BCUT2D eigenvalue weighted by molar-refractivity contribution is -0.180. The standard InChI is InChI=1S/C36H41N3O6/c1-36(2)44-25-29-22-28(13-16-34(29)45-36)33(40)23-38-18-17-26-11-14-32(15-12-26)43-20-19-42-24-27-7-6-10-31(21-27)39(35(37)41)30-8-4-3-5-9-30/h3-16,21-22,33,38,40H,17-20,23-25H2,1-2H3,(H2,37,41)/t33-/m0/s1. The van der Waals surface area contributed by atoms with Crippen LogP contribution in [0.3, 0.4) is 0 Å². The van der Waals surface area contributed by atoms with E-state index in [1.54, 1.807) is 0 Å². The molecule has 45 heavy (non-hydrogen) atoms. The second-order valence-corrected chi connectivity index (χ2v) is 11.4. The molecule has 4 N–H and O–H groups in total. The van der Waals surface area contributed by atoms with Crippen LogP contribution in [0.15, 0.2) is 97.1 Å². The van der Waals surface area contributed by atoms with E-state index in [1.165, 1.54) is 10.5 Å². The van der Waals surface area contributed by atoms with E-state index in [0.717, 1.165) is 41.2 Å². The third kappa shape index (κ3) is 9.06. The number of carbonyl (C=O) groups excluding carboxylic acids is 1. The predicted molar refractivity (Wildman–Crippen MR) is 174 cm³/mol. The molecule has 2 amide bonds. The van der Waals surface area contributed by atoms with E-state index in [0.29, 0.717) is 44.3 Å². The first kappa shape index (κ1) is 32.0. The highest BCUT2D eigenvalue weighted by Crippen LogP contribution is 2.33. The van der Waals surface area contributed by atoms with Crippen LogP contribution in [0.1, 0.15) is 42.2 Å². The Morgan fingerprint density at radius 2 is 1.73 bits per heavy atom. The van der Waals surface area contributed by atoms with Gasteiger partial charge in [0.15, 0.2) is 0 Å². The molecule has 0 aliphatic carbocycles. The van der Waals surface area contributed by atoms with Gasteiger partial charge in [-0.3, -0.25) is 4.90 Å². The van der Waals surface area contributed by atoms with Crippen molar-refractivity contribution >= 4 is 17.4 Å². The van der Waals surface area contributed by atoms with E-state index < -0.39 is 17.9 Å². The summed E-state index contributed by atoms with van der Waals surface area (Å²) in [4.78, 5) is 13.6. The van der Waals surface area contributed by atoms with E-state index in [4.69, 9.17) is 24.7 Å². The number of primary amides is 1. The number of hydrogen-bond donors (Lipinski definition) is 3. The van der Waals surface area contributed by atoms with Crippen molar-refractivity contribution in [3.05, 3.63) is 119 Å². The largest absolute Gasteiger partial charge is 0.491 e. The van der Waals surface area contributed by atoms with E-state index in [2.05, 4.69) is 5.32 Å². The Kier molecular flexibility index (Phi) is 10.7. The number of benzene rings is 4. The first-order chi connectivity index (χ1) is 21.8. The first-order valence-corrected chi connectivity index (χ1v) is 15.1. The molecule has 4 aromatic rings. The number of urea groups is 1. The fraction of sp³-hybridized carbons (Fsp3) is 0.306. The molecule has 9 nitrogen and oxygen atoms in total. The molecule has 0 fully saturated rings. The number of nitrogens with one attached hydrogen (secondary N) is 1. The molecule has 0 aromatic heterocycles. The van der Waals surface area contributed by atoms with Crippen LogP contribution in [-0.4, -0.2) is 43.2 Å². The van der Waals surface area contributed by atoms with Gasteiger partial charge in [-0.05, 0) is 78.2 Å². The molecule has 0 spiro atoms. The fourth-order valence-electron chi connectivity index (χ4n) is 5.08. The van der Waals surface area contributed by atoms with Crippen molar-refractivity contribution in [1.82, 2.24) is 5.32 Å². The lowest BCUT2D eigenvalue weighted by Crippen LogP contribution is -2.35. The molecule has 0 saturated carbocycles. The number of rotatable bonds is 14. The van der Waals surface area contributed by atoms with Crippen LogP contribution in [0.4, 0.5) is 16.2 Å². The molecule has 0 bridgehead atoms. The third-order valence-electron chi connectivity index (χ3n) is 7.42. The lowest BCUT2D eigenvalue weighted by Gasteiger charge is -2.33. The Balaban J connectivity index is 0.991. The number of nitrogens with two attached hydrogens (primary N) is 1. The summed E-state index contributed by atoms with van der Waals surface area (Å²) in [6, 6.07) is 30.1. The average molecular weight is 612 g/mol. The second-order valence-electron chi connectivity index (χ2n) is 11.4. The van der Waals surface area contributed by atoms with Gasteiger partial charge in [0.25, 0.3) is 0 Å². The van der Waals surface area contributed by atoms with Gasteiger partial charge in [-0.2, -0.15) is 0 Å². The molecule has 5 rings (SSSR count). The maximum atomic E-state index is 12.1. The Bertz CT molecular complexity index is 1540. The number of carbonyl (C=O) groups is 1. The van der Waals surface area contributed by atoms with Gasteiger partial charge in [-0.25, -0.2) is 4.79 Å². The van der Waals surface area contributed by atoms with E-state index >= 15 is 0 Å². The van der Waals surface area contributed by atoms with Gasteiger partial charge in [-0.1, -0.05) is 48.5 Å².